The average molecular weight is 304 g/mol. The molecular weight excluding hydrogens is 280 g/mol. The van der Waals surface area contributed by atoms with Gasteiger partial charge in [-0.1, -0.05) is 56.8 Å². The van der Waals surface area contributed by atoms with Crippen LogP contribution in [0.25, 0.3) is 0 Å². The minimum atomic E-state index is -0.344. The van der Waals surface area contributed by atoms with Gasteiger partial charge in [0.15, 0.2) is 0 Å². The van der Waals surface area contributed by atoms with Crippen molar-refractivity contribution in [3.05, 3.63) is 60.7 Å². The molecule has 22 heavy (non-hydrogen) atoms. The zero-order chi connectivity index (χ0) is 16.8. The van der Waals surface area contributed by atoms with Gasteiger partial charge in [-0.3, -0.25) is 0 Å². The summed E-state index contributed by atoms with van der Waals surface area (Å²) in [4.78, 5) is 21.3. The molecule has 0 N–H and O–H groups in total. The largest absolute Gasteiger partial charge is 0.466 e. The number of hydrogen-bond donors (Lipinski definition) is 0. The van der Waals surface area contributed by atoms with Crippen molar-refractivity contribution in [3.63, 3.8) is 0 Å². The first-order valence-corrected chi connectivity index (χ1v) is 7.14. The molecular formula is C18H24O4. The summed E-state index contributed by atoms with van der Waals surface area (Å²) in [6, 6.07) is 9.70. The molecule has 0 heterocycles. The van der Waals surface area contributed by atoms with Gasteiger partial charge in [0.2, 0.25) is 0 Å². The average Bonchev–Trinajstić information content (AvgIpc) is 2.55. The van der Waals surface area contributed by atoms with Crippen molar-refractivity contribution in [3.8, 4) is 0 Å². The topological polar surface area (TPSA) is 52.6 Å². The Labute approximate surface area is 132 Å². The summed E-state index contributed by atoms with van der Waals surface area (Å²) in [7, 11) is 1.36. The van der Waals surface area contributed by atoms with Gasteiger partial charge in [0, 0.05) is 18.1 Å². The molecule has 4 nitrogen and oxygen atoms in total. The summed E-state index contributed by atoms with van der Waals surface area (Å²) < 4.78 is 9.22. The van der Waals surface area contributed by atoms with E-state index in [9.17, 15) is 9.59 Å². The zero-order valence-corrected chi connectivity index (χ0v) is 13.3. The first-order chi connectivity index (χ1) is 10.5. The Bertz CT molecular complexity index is 477. The van der Waals surface area contributed by atoms with E-state index in [1.807, 2.05) is 37.3 Å². The Balaban J connectivity index is 0.000000433. The van der Waals surface area contributed by atoms with Crippen LogP contribution in [0.4, 0.5) is 0 Å². The quantitative estimate of drug-likeness (QED) is 0.440. The van der Waals surface area contributed by atoms with Gasteiger partial charge in [0.05, 0.1) is 13.7 Å². The molecule has 0 bridgehead atoms. The predicted octanol–water partition coefficient (Wildman–Crippen LogP) is 3.47. The second-order valence-corrected chi connectivity index (χ2v) is 4.48. The summed E-state index contributed by atoms with van der Waals surface area (Å²) in [6.07, 6.45) is 3.70. The summed E-state index contributed by atoms with van der Waals surface area (Å²) >= 11 is 0. The number of carbonyl (C=O) groups excluding carboxylic acids is 2. The molecule has 1 aromatic carbocycles. The molecule has 0 amide bonds. The number of unbranched alkanes of at least 4 members (excludes halogenated alkanes) is 1. The minimum absolute atomic E-state index is 0.330. The molecule has 0 unspecified atom stereocenters. The molecule has 0 aliphatic carbocycles. The van der Waals surface area contributed by atoms with E-state index in [-0.39, 0.29) is 11.9 Å². The highest BCUT2D eigenvalue weighted by Crippen LogP contribution is 2.06. The molecule has 0 fully saturated rings. The van der Waals surface area contributed by atoms with Gasteiger partial charge in [-0.2, -0.15) is 0 Å². The van der Waals surface area contributed by atoms with Crippen LogP contribution in [0.15, 0.2) is 55.1 Å². The molecule has 0 saturated carbocycles. The fourth-order valence-corrected chi connectivity index (χ4v) is 1.43. The maximum absolute atomic E-state index is 11.0. The fraction of sp³-hybridized carbons (Fsp3) is 0.333. The SMILES string of the molecule is C=C(Cc1ccccc1)C(=O)OC.C=CC(=O)OCCCC. The summed E-state index contributed by atoms with van der Waals surface area (Å²) in [5.74, 6) is -0.674. The van der Waals surface area contributed by atoms with E-state index >= 15 is 0 Å². The molecule has 0 spiro atoms. The normalized spacial score (nSPS) is 9.00. The molecule has 4 heteroatoms. The van der Waals surface area contributed by atoms with Crippen molar-refractivity contribution in [2.45, 2.75) is 26.2 Å². The first-order valence-electron chi connectivity index (χ1n) is 7.14. The molecule has 1 rings (SSSR count). The van der Waals surface area contributed by atoms with Crippen LogP contribution >= 0.6 is 0 Å². The summed E-state index contributed by atoms with van der Waals surface area (Å²) in [5.41, 5.74) is 1.55. The van der Waals surface area contributed by atoms with Crippen LogP contribution in [0.2, 0.25) is 0 Å². The zero-order valence-electron chi connectivity index (χ0n) is 13.3. The van der Waals surface area contributed by atoms with Crippen LogP contribution in [-0.4, -0.2) is 25.7 Å². The Morgan fingerprint density at radius 1 is 1.23 bits per heavy atom. The molecule has 0 aliphatic rings. The maximum Gasteiger partial charge on any atom is 0.333 e. The Morgan fingerprint density at radius 2 is 1.86 bits per heavy atom. The molecule has 0 aliphatic heterocycles. The van der Waals surface area contributed by atoms with E-state index in [1.165, 1.54) is 13.2 Å². The maximum atomic E-state index is 11.0. The van der Waals surface area contributed by atoms with Gasteiger partial charge in [-0.25, -0.2) is 9.59 Å². The number of hydrogen-bond acceptors (Lipinski definition) is 4. The van der Waals surface area contributed by atoms with E-state index in [2.05, 4.69) is 22.6 Å². The summed E-state index contributed by atoms with van der Waals surface area (Å²) in [6.45, 7) is 9.47. The number of rotatable bonds is 7. The van der Waals surface area contributed by atoms with Gasteiger partial charge in [0.1, 0.15) is 0 Å². The smallest absolute Gasteiger partial charge is 0.333 e. The highest BCUT2D eigenvalue weighted by molar-refractivity contribution is 5.88. The number of methoxy groups -OCH3 is 1. The standard InChI is InChI=1S/C11H12O2.C7H12O2/c1-9(11(12)13-2)8-10-6-4-3-5-7-10;1-3-5-6-9-7(8)4-2/h3-7H,1,8H2,2H3;4H,2-3,5-6H2,1H3. The van der Waals surface area contributed by atoms with Crippen LogP contribution in [0.5, 0.6) is 0 Å². The Hall–Kier alpha value is -2.36. The van der Waals surface area contributed by atoms with Crippen LogP contribution in [0.3, 0.4) is 0 Å². The third kappa shape index (κ3) is 9.53. The lowest BCUT2D eigenvalue weighted by Gasteiger charge is -2.02. The highest BCUT2D eigenvalue weighted by Gasteiger charge is 2.06. The van der Waals surface area contributed by atoms with Crippen molar-refractivity contribution in [1.82, 2.24) is 0 Å². The lowest BCUT2D eigenvalue weighted by atomic mass is 10.1. The van der Waals surface area contributed by atoms with Crippen molar-refractivity contribution >= 4 is 11.9 Å². The highest BCUT2D eigenvalue weighted by atomic mass is 16.5. The van der Waals surface area contributed by atoms with Crippen LogP contribution in [-0.2, 0) is 25.5 Å². The van der Waals surface area contributed by atoms with Gasteiger partial charge in [-0.05, 0) is 12.0 Å². The van der Waals surface area contributed by atoms with Crippen LogP contribution in [0, 0.1) is 0 Å². The molecule has 0 aromatic heterocycles. The Morgan fingerprint density at radius 3 is 2.36 bits per heavy atom. The van der Waals surface area contributed by atoms with Crippen molar-refractivity contribution < 1.29 is 19.1 Å². The third-order valence-corrected chi connectivity index (χ3v) is 2.64. The fourth-order valence-electron chi connectivity index (χ4n) is 1.43. The van der Waals surface area contributed by atoms with Gasteiger partial charge in [-0.15, -0.1) is 0 Å². The third-order valence-electron chi connectivity index (χ3n) is 2.64. The molecule has 120 valence electrons. The van der Waals surface area contributed by atoms with Crippen molar-refractivity contribution in [2.75, 3.05) is 13.7 Å². The van der Waals surface area contributed by atoms with E-state index < -0.39 is 0 Å². The number of ether oxygens (including phenoxy) is 2. The molecule has 0 radical (unpaired) electrons. The second kappa shape index (κ2) is 12.4. The van der Waals surface area contributed by atoms with E-state index in [4.69, 9.17) is 0 Å². The molecule has 0 atom stereocenters. The first kappa shape index (κ1) is 19.6. The second-order valence-electron chi connectivity index (χ2n) is 4.48. The minimum Gasteiger partial charge on any atom is -0.466 e. The van der Waals surface area contributed by atoms with E-state index in [1.54, 1.807) is 0 Å². The van der Waals surface area contributed by atoms with Gasteiger partial charge < -0.3 is 9.47 Å². The van der Waals surface area contributed by atoms with Crippen molar-refractivity contribution in [1.29, 1.82) is 0 Å². The van der Waals surface area contributed by atoms with Crippen LogP contribution < -0.4 is 0 Å². The van der Waals surface area contributed by atoms with Gasteiger partial charge >= 0.3 is 11.9 Å². The number of benzene rings is 1. The van der Waals surface area contributed by atoms with Crippen LogP contribution in [0.1, 0.15) is 25.3 Å². The summed E-state index contributed by atoms with van der Waals surface area (Å²) in [5, 5.41) is 0. The number of carbonyl (C=O) groups is 2. The van der Waals surface area contributed by atoms with Gasteiger partial charge in [0.25, 0.3) is 0 Å². The lowest BCUT2D eigenvalue weighted by Crippen LogP contribution is -2.05. The molecule has 0 saturated heterocycles. The van der Waals surface area contributed by atoms with E-state index in [0.717, 1.165) is 18.4 Å². The molecule has 1 aromatic rings. The number of esters is 2. The lowest BCUT2D eigenvalue weighted by molar-refractivity contribution is -0.138. The monoisotopic (exact) mass is 304 g/mol. The van der Waals surface area contributed by atoms with Crippen molar-refractivity contribution in [2.24, 2.45) is 0 Å². The predicted molar refractivity (Wildman–Crippen MR) is 87.4 cm³/mol. The Kier molecular flexibility index (Phi) is 11.1. The van der Waals surface area contributed by atoms with E-state index in [0.29, 0.717) is 18.6 Å².